The van der Waals surface area contributed by atoms with E-state index in [1.54, 1.807) is 6.20 Å². The summed E-state index contributed by atoms with van der Waals surface area (Å²) in [6.07, 6.45) is 8.63. The molecule has 0 spiro atoms. The Balaban J connectivity index is 2.20. The van der Waals surface area contributed by atoms with E-state index in [-0.39, 0.29) is 0 Å². The summed E-state index contributed by atoms with van der Waals surface area (Å²) in [7, 11) is 0. The summed E-state index contributed by atoms with van der Waals surface area (Å²) < 4.78 is 0. The summed E-state index contributed by atoms with van der Waals surface area (Å²) in [5.74, 6) is 0.995. The highest BCUT2D eigenvalue weighted by molar-refractivity contribution is 5.38. The minimum atomic E-state index is 0.464. The first-order chi connectivity index (χ1) is 7.85. The molecule has 1 aliphatic rings. The lowest BCUT2D eigenvalue weighted by Gasteiger charge is -2.36. The Kier molecular flexibility index (Phi) is 3.72. The predicted molar refractivity (Wildman–Crippen MR) is 65.2 cm³/mol. The molecular weight excluding hydrogens is 200 g/mol. The Morgan fingerprint density at radius 1 is 1.44 bits per heavy atom. The van der Waals surface area contributed by atoms with Crippen LogP contribution in [0.3, 0.4) is 0 Å². The second kappa shape index (κ2) is 5.25. The van der Waals surface area contributed by atoms with Crippen LogP contribution < -0.4 is 10.6 Å². The van der Waals surface area contributed by atoms with Crippen LogP contribution in [0.4, 0.5) is 5.82 Å². The van der Waals surface area contributed by atoms with E-state index in [9.17, 15) is 0 Å². The van der Waals surface area contributed by atoms with Gasteiger partial charge in [0, 0.05) is 25.3 Å². The zero-order chi connectivity index (χ0) is 11.4. The lowest BCUT2D eigenvalue weighted by atomic mass is 10.0. The molecular formula is C12H20N4. The average Bonchev–Trinajstić information content (AvgIpc) is 2.38. The number of rotatable bonds is 3. The van der Waals surface area contributed by atoms with Crippen LogP contribution in [0.1, 0.15) is 38.3 Å². The summed E-state index contributed by atoms with van der Waals surface area (Å²) in [4.78, 5) is 11.2. The van der Waals surface area contributed by atoms with Gasteiger partial charge in [0.2, 0.25) is 0 Å². The molecule has 2 N–H and O–H groups in total. The molecule has 88 valence electrons. The third-order valence-electron chi connectivity index (χ3n) is 3.27. The van der Waals surface area contributed by atoms with Crippen LogP contribution in [0.15, 0.2) is 12.4 Å². The van der Waals surface area contributed by atoms with Crippen molar-refractivity contribution in [1.29, 1.82) is 0 Å². The normalized spacial score (nSPS) is 21.1. The van der Waals surface area contributed by atoms with Gasteiger partial charge in [-0.05, 0) is 25.7 Å². The van der Waals surface area contributed by atoms with Crippen molar-refractivity contribution in [3.8, 4) is 0 Å². The maximum absolute atomic E-state index is 5.59. The van der Waals surface area contributed by atoms with Crippen molar-refractivity contribution < 1.29 is 0 Å². The largest absolute Gasteiger partial charge is 0.352 e. The van der Waals surface area contributed by atoms with Crippen LogP contribution in [0, 0.1) is 0 Å². The standard InChI is InChI=1S/C12H20N4/c1-2-11-5-3-4-6-16(11)12-9-14-8-10(7-13)15-12/h8-9,11H,2-7,13H2,1H3. The van der Waals surface area contributed by atoms with Gasteiger partial charge in [0.1, 0.15) is 5.82 Å². The van der Waals surface area contributed by atoms with E-state index >= 15 is 0 Å². The van der Waals surface area contributed by atoms with E-state index in [1.165, 1.54) is 25.7 Å². The Morgan fingerprint density at radius 3 is 3.06 bits per heavy atom. The fourth-order valence-electron chi connectivity index (χ4n) is 2.36. The first-order valence-corrected chi connectivity index (χ1v) is 6.12. The van der Waals surface area contributed by atoms with E-state index in [0.717, 1.165) is 18.1 Å². The van der Waals surface area contributed by atoms with Crippen molar-refractivity contribution in [3.05, 3.63) is 18.1 Å². The van der Waals surface area contributed by atoms with Crippen LogP contribution in [0.2, 0.25) is 0 Å². The minimum absolute atomic E-state index is 0.464. The summed E-state index contributed by atoms with van der Waals surface area (Å²) >= 11 is 0. The lowest BCUT2D eigenvalue weighted by Crippen LogP contribution is -2.39. The molecule has 1 aromatic heterocycles. The maximum Gasteiger partial charge on any atom is 0.147 e. The van der Waals surface area contributed by atoms with Gasteiger partial charge in [-0.25, -0.2) is 4.98 Å². The topological polar surface area (TPSA) is 55.0 Å². The van der Waals surface area contributed by atoms with Gasteiger partial charge < -0.3 is 10.6 Å². The van der Waals surface area contributed by atoms with Gasteiger partial charge in [0.05, 0.1) is 11.9 Å². The van der Waals surface area contributed by atoms with Crippen LogP contribution in [-0.4, -0.2) is 22.6 Å². The maximum atomic E-state index is 5.59. The van der Waals surface area contributed by atoms with E-state index in [1.807, 2.05) is 6.20 Å². The minimum Gasteiger partial charge on any atom is -0.352 e. The molecule has 1 atom stereocenters. The second-order valence-corrected chi connectivity index (χ2v) is 4.32. The van der Waals surface area contributed by atoms with Gasteiger partial charge in [0.15, 0.2) is 0 Å². The Labute approximate surface area is 96.9 Å². The van der Waals surface area contributed by atoms with Gasteiger partial charge >= 0.3 is 0 Å². The van der Waals surface area contributed by atoms with E-state index in [0.29, 0.717) is 12.6 Å². The Hall–Kier alpha value is -1.16. The molecule has 1 unspecified atom stereocenters. The molecule has 0 amide bonds. The molecule has 2 rings (SSSR count). The van der Waals surface area contributed by atoms with Crippen molar-refractivity contribution in [1.82, 2.24) is 9.97 Å². The first kappa shape index (κ1) is 11.3. The van der Waals surface area contributed by atoms with Gasteiger partial charge in [-0.15, -0.1) is 0 Å². The highest BCUT2D eigenvalue weighted by Crippen LogP contribution is 2.24. The summed E-state index contributed by atoms with van der Waals surface area (Å²) in [5, 5.41) is 0. The fourth-order valence-corrected chi connectivity index (χ4v) is 2.36. The molecule has 0 radical (unpaired) electrons. The quantitative estimate of drug-likeness (QED) is 0.842. The number of hydrogen-bond donors (Lipinski definition) is 1. The molecule has 0 saturated carbocycles. The van der Waals surface area contributed by atoms with Crippen molar-refractivity contribution in [2.45, 2.75) is 45.2 Å². The van der Waals surface area contributed by atoms with Crippen LogP contribution in [0.5, 0.6) is 0 Å². The Morgan fingerprint density at radius 2 is 2.31 bits per heavy atom. The molecule has 1 aromatic rings. The molecule has 1 aliphatic heterocycles. The summed E-state index contributed by atoms with van der Waals surface area (Å²) in [6.45, 7) is 3.80. The fraction of sp³-hybridized carbons (Fsp3) is 0.667. The van der Waals surface area contributed by atoms with E-state index < -0.39 is 0 Å². The Bertz CT molecular complexity index is 340. The molecule has 1 fully saturated rings. The van der Waals surface area contributed by atoms with Crippen LogP contribution >= 0.6 is 0 Å². The number of nitrogens with two attached hydrogens (primary N) is 1. The van der Waals surface area contributed by atoms with Crippen LogP contribution in [-0.2, 0) is 6.54 Å². The predicted octanol–water partition coefficient (Wildman–Crippen LogP) is 1.70. The molecule has 1 saturated heterocycles. The van der Waals surface area contributed by atoms with Gasteiger partial charge in [-0.2, -0.15) is 0 Å². The van der Waals surface area contributed by atoms with E-state index in [4.69, 9.17) is 5.73 Å². The van der Waals surface area contributed by atoms with Crippen molar-refractivity contribution in [2.24, 2.45) is 5.73 Å². The number of nitrogens with zero attached hydrogens (tertiary/aromatic N) is 3. The number of hydrogen-bond acceptors (Lipinski definition) is 4. The summed E-state index contributed by atoms with van der Waals surface area (Å²) in [6, 6.07) is 0.621. The molecule has 0 aliphatic carbocycles. The molecule has 4 heteroatoms. The second-order valence-electron chi connectivity index (χ2n) is 4.32. The van der Waals surface area contributed by atoms with Gasteiger partial charge in [-0.1, -0.05) is 6.92 Å². The molecule has 0 bridgehead atoms. The third kappa shape index (κ3) is 2.32. The molecule has 0 aromatic carbocycles. The third-order valence-corrected chi connectivity index (χ3v) is 3.27. The highest BCUT2D eigenvalue weighted by atomic mass is 15.2. The number of aromatic nitrogens is 2. The average molecular weight is 220 g/mol. The van der Waals surface area contributed by atoms with Crippen molar-refractivity contribution in [2.75, 3.05) is 11.4 Å². The smallest absolute Gasteiger partial charge is 0.147 e. The zero-order valence-corrected chi connectivity index (χ0v) is 9.89. The molecule has 4 nitrogen and oxygen atoms in total. The molecule has 2 heterocycles. The monoisotopic (exact) mass is 220 g/mol. The van der Waals surface area contributed by atoms with Crippen molar-refractivity contribution in [3.63, 3.8) is 0 Å². The SMILES string of the molecule is CCC1CCCCN1c1cncc(CN)n1. The first-order valence-electron chi connectivity index (χ1n) is 6.12. The molecule has 16 heavy (non-hydrogen) atoms. The van der Waals surface area contributed by atoms with Crippen molar-refractivity contribution >= 4 is 5.82 Å². The lowest BCUT2D eigenvalue weighted by molar-refractivity contribution is 0.446. The number of piperidine rings is 1. The van der Waals surface area contributed by atoms with Gasteiger partial charge in [0.25, 0.3) is 0 Å². The van der Waals surface area contributed by atoms with E-state index in [2.05, 4.69) is 21.8 Å². The van der Waals surface area contributed by atoms with Gasteiger partial charge in [-0.3, -0.25) is 4.98 Å². The zero-order valence-electron chi connectivity index (χ0n) is 9.89. The number of anilines is 1. The summed E-state index contributed by atoms with van der Waals surface area (Å²) in [5.41, 5.74) is 6.47. The van der Waals surface area contributed by atoms with Crippen LogP contribution in [0.25, 0.3) is 0 Å². The highest BCUT2D eigenvalue weighted by Gasteiger charge is 2.22.